The lowest BCUT2D eigenvalue weighted by atomic mass is 10.2. The highest BCUT2D eigenvalue weighted by Crippen LogP contribution is 2.36. The molecule has 0 bridgehead atoms. The molecule has 0 saturated heterocycles. The normalized spacial score (nSPS) is 9.65. The largest absolute Gasteiger partial charge is 0.493 e. The van der Waals surface area contributed by atoms with Gasteiger partial charge in [0.1, 0.15) is 6.61 Å². The van der Waals surface area contributed by atoms with Gasteiger partial charge in [-0.25, -0.2) is 0 Å². The average Bonchev–Trinajstić information content (AvgIpc) is 2.34. The van der Waals surface area contributed by atoms with E-state index >= 15 is 0 Å². The number of methoxy groups -OCH3 is 1. The zero-order valence-electron chi connectivity index (χ0n) is 9.24. The van der Waals surface area contributed by atoms with Crippen molar-refractivity contribution in [2.24, 2.45) is 0 Å². The van der Waals surface area contributed by atoms with Gasteiger partial charge in [-0.2, -0.15) is 5.26 Å². The predicted octanol–water partition coefficient (Wildman–Crippen LogP) is 2.90. The summed E-state index contributed by atoms with van der Waals surface area (Å²) >= 11 is 6.04. The lowest BCUT2D eigenvalue weighted by molar-refractivity contribution is 0.331. The van der Waals surface area contributed by atoms with Gasteiger partial charge in [0.2, 0.25) is 0 Å². The minimum Gasteiger partial charge on any atom is -0.493 e. The summed E-state index contributed by atoms with van der Waals surface area (Å²) in [6.45, 7) is 0.115. The Morgan fingerprint density at radius 2 is 2.29 bits per heavy atom. The Kier molecular flexibility index (Phi) is 4.94. The number of nitrogens with zero attached hydrogens (tertiary/aromatic N) is 1. The van der Waals surface area contributed by atoms with Crippen LogP contribution in [0, 0.1) is 23.7 Å². The molecule has 0 aromatic heterocycles. The first-order chi connectivity index (χ1) is 8.22. The van der Waals surface area contributed by atoms with E-state index in [0.717, 1.165) is 5.56 Å². The average molecular weight is 248 g/mol. The molecule has 1 rings (SSSR count). The van der Waals surface area contributed by atoms with Crippen molar-refractivity contribution in [3.05, 3.63) is 28.8 Å². The van der Waals surface area contributed by atoms with Gasteiger partial charge in [-0.15, -0.1) is 6.42 Å². The molecule has 0 unspecified atom stereocenters. The van der Waals surface area contributed by atoms with Gasteiger partial charge in [0, 0.05) is 6.08 Å². The monoisotopic (exact) mass is 247 g/mol. The van der Waals surface area contributed by atoms with Crippen LogP contribution in [-0.4, -0.2) is 13.7 Å². The number of halogens is 1. The highest BCUT2D eigenvalue weighted by Gasteiger charge is 2.10. The molecule has 86 valence electrons. The lowest BCUT2D eigenvalue weighted by Gasteiger charge is -2.11. The summed E-state index contributed by atoms with van der Waals surface area (Å²) in [5.41, 5.74) is 0.751. The molecule has 0 saturated carbocycles. The molecule has 17 heavy (non-hydrogen) atoms. The number of allylic oxidation sites excluding steroid dienone is 1. The van der Waals surface area contributed by atoms with Gasteiger partial charge < -0.3 is 9.47 Å². The summed E-state index contributed by atoms with van der Waals surface area (Å²) in [4.78, 5) is 0. The first-order valence-electron chi connectivity index (χ1n) is 4.73. The van der Waals surface area contributed by atoms with Gasteiger partial charge >= 0.3 is 0 Å². The number of nitriles is 1. The molecule has 0 aliphatic heterocycles. The van der Waals surface area contributed by atoms with Gasteiger partial charge in [0.15, 0.2) is 11.5 Å². The Bertz CT molecular complexity index is 509. The van der Waals surface area contributed by atoms with Crippen LogP contribution in [-0.2, 0) is 0 Å². The van der Waals surface area contributed by atoms with Crippen LogP contribution in [0.15, 0.2) is 18.2 Å². The fraction of sp³-hybridized carbons (Fsp3) is 0.154. The summed E-state index contributed by atoms with van der Waals surface area (Å²) in [7, 11) is 1.51. The second-order valence-electron chi connectivity index (χ2n) is 2.99. The minimum atomic E-state index is 0.115. The van der Waals surface area contributed by atoms with Crippen molar-refractivity contribution in [2.45, 2.75) is 0 Å². The summed E-state index contributed by atoms with van der Waals surface area (Å²) in [6.07, 6.45) is 8.09. The van der Waals surface area contributed by atoms with Crippen LogP contribution in [0.3, 0.4) is 0 Å². The molecule has 0 fully saturated rings. The Balaban J connectivity index is 3.13. The standard InChI is InChI=1S/C13H10ClNO2/c1-3-7-17-13-11(14)8-10(5-4-6-15)9-12(13)16-2/h1,4-5,8-9H,7H2,2H3/b5-4+. The van der Waals surface area contributed by atoms with Crippen LogP contribution in [0.2, 0.25) is 5.02 Å². The van der Waals surface area contributed by atoms with E-state index in [4.69, 9.17) is 32.8 Å². The molecular weight excluding hydrogens is 238 g/mol. The first kappa shape index (κ1) is 13.0. The molecule has 3 nitrogen and oxygen atoms in total. The van der Waals surface area contributed by atoms with E-state index < -0.39 is 0 Å². The maximum atomic E-state index is 8.45. The zero-order valence-corrected chi connectivity index (χ0v) is 9.99. The fourth-order valence-electron chi connectivity index (χ4n) is 1.22. The van der Waals surface area contributed by atoms with Crippen molar-refractivity contribution < 1.29 is 9.47 Å². The minimum absolute atomic E-state index is 0.115. The summed E-state index contributed by atoms with van der Waals surface area (Å²) in [6, 6.07) is 5.28. The lowest BCUT2D eigenvalue weighted by Crippen LogP contribution is -1.98. The van der Waals surface area contributed by atoms with Crippen molar-refractivity contribution in [2.75, 3.05) is 13.7 Å². The number of rotatable bonds is 4. The SMILES string of the molecule is C#CCOc1c(Cl)cc(/C=C/C#N)cc1OC. The number of ether oxygens (including phenoxy) is 2. The molecule has 1 aromatic carbocycles. The van der Waals surface area contributed by atoms with Crippen LogP contribution in [0.4, 0.5) is 0 Å². The third kappa shape index (κ3) is 3.45. The van der Waals surface area contributed by atoms with Crippen LogP contribution in [0.25, 0.3) is 6.08 Å². The van der Waals surface area contributed by atoms with Gasteiger partial charge in [-0.1, -0.05) is 17.5 Å². The van der Waals surface area contributed by atoms with Gasteiger partial charge in [-0.05, 0) is 23.8 Å². The molecule has 0 atom stereocenters. The molecule has 0 N–H and O–H groups in total. The van der Waals surface area contributed by atoms with E-state index in [1.165, 1.54) is 13.2 Å². The van der Waals surface area contributed by atoms with Crippen molar-refractivity contribution in [1.82, 2.24) is 0 Å². The van der Waals surface area contributed by atoms with Crippen molar-refractivity contribution in [3.63, 3.8) is 0 Å². The maximum absolute atomic E-state index is 8.45. The van der Waals surface area contributed by atoms with E-state index in [2.05, 4.69) is 5.92 Å². The molecule has 0 aliphatic carbocycles. The smallest absolute Gasteiger partial charge is 0.181 e. The molecule has 0 spiro atoms. The molecule has 0 heterocycles. The molecule has 0 amide bonds. The van der Waals surface area contributed by atoms with Crippen molar-refractivity contribution in [1.29, 1.82) is 5.26 Å². The molecule has 4 heteroatoms. The Labute approximate surface area is 105 Å². The third-order valence-electron chi connectivity index (χ3n) is 1.90. The maximum Gasteiger partial charge on any atom is 0.181 e. The second kappa shape index (κ2) is 6.48. The Morgan fingerprint density at radius 3 is 2.88 bits per heavy atom. The van der Waals surface area contributed by atoms with E-state index in [1.54, 1.807) is 18.2 Å². The number of hydrogen-bond donors (Lipinski definition) is 0. The zero-order chi connectivity index (χ0) is 12.7. The molecule has 0 aliphatic rings. The van der Waals surface area contributed by atoms with Gasteiger partial charge in [-0.3, -0.25) is 0 Å². The van der Waals surface area contributed by atoms with Crippen LogP contribution < -0.4 is 9.47 Å². The number of benzene rings is 1. The van der Waals surface area contributed by atoms with Crippen LogP contribution in [0.5, 0.6) is 11.5 Å². The predicted molar refractivity (Wildman–Crippen MR) is 67.0 cm³/mol. The highest BCUT2D eigenvalue weighted by atomic mass is 35.5. The summed E-state index contributed by atoms with van der Waals surface area (Å²) < 4.78 is 10.4. The Morgan fingerprint density at radius 1 is 1.53 bits per heavy atom. The highest BCUT2D eigenvalue weighted by molar-refractivity contribution is 6.32. The van der Waals surface area contributed by atoms with E-state index in [-0.39, 0.29) is 6.61 Å². The van der Waals surface area contributed by atoms with E-state index in [1.807, 2.05) is 6.07 Å². The van der Waals surface area contributed by atoms with Gasteiger partial charge in [0.05, 0.1) is 18.2 Å². The number of hydrogen-bond acceptors (Lipinski definition) is 3. The summed E-state index contributed by atoms with van der Waals surface area (Å²) in [5, 5.41) is 8.83. The van der Waals surface area contributed by atoms with E-state index in [9.17, 15) is 0 Å². The molecule has 0 radical (unpaired) electrons. The Hall–Kier alpha value is -2.10. The van der Waals surface area contributed by atoms with Crippen molar-refractivity contribution >= 4 is 17.7 Å². The summed E-state index contributed by atoms with van der Waals surface area (Å²) in [5.74, 6) is 3.23. The molecule has 1 aromatic rings. The van der Waals surface area contributed by atoms with Crippen molar-refractivity contribution in [3.8, 4) is 29.9 Å². The second-order valence-corrected chi connectivity index (χ2v) is 3.40. The van der Waals surface area contributed by atoms with Gasteiger partial charge in [0.25, 0.3) is 0 Å². The topological polar surface area (TPSA) is 42.2 Å². The van der Waals surface area contributed by atoms with Crippen LogP contribution >= 0.6 is 11.6 Å². The fourth-order valence-corrected chi connectivity index (χ4v) is 1.50. The first-order valence-corrected chi connectivity index (χ1v) is 5.10. The molecular formula is C13H10ClNO2. The van der Waals surface area contributed by atoms with Crippen LogP contribution in [0.1, 0.15) is 5.56 Å². The number of terminal acetylenes is 1. The van der Waals surface area contributed by atoms with E-state index in [0.29, 0.717) is 16.5 Å². The quantitative estimate of drug-likeness (QED) is 0.607. The third-order valence-corrected chi connectivity index (χ3v) is 2.18.